The molecule has 0 amide bonds. The summed E-state index contributed by atoms with van der Waals surface area (Å²) in [7, 11) is -1.81. The molecule has 116 valence electrons. The van der Waals surface area contributed by atoms with Crippen molar-refractivity contribution < 1.29 is 23.1 Å². The third-order valence-corrected chi connectivity index (χ3v) is 4.63. The number of ether oxygens (including phenoxy) is 1. The molecule has 0 bridgehead atoms. The summed E-state index contributed by atoms with van der Waals surface area (Å²) in [4.78, 5) is 13.8. The van der Waals surface area contributed by atoms with Gasteiger partial charge in [0.25, 0.3) is 0 Å². The zero-order valence-corrected chi connectivity index (χ0v) is 13.0. The molecule has 0 aliphatic carbocycles. The molecular formula is C11H22N3O5P. The van der Waals surface area contributed by atoms with Crippen molar-refractivity contribution in [2.24, 2.45) is 5.11 Å². The van der Waals surface area contributed by atoms with Gasteiger partial charge in [0.05, 0.1) is 32.9 Å². The summed E-state index contributed by atoms with van der Waals surface area (Å²) in [5, 5.41) is 3.53. The van der Waals surface area contributed by atoms with Gasteiger partial charge in [-0.25, -0.2) is 0 Å². The molecule has 0 saturated heterocycles. The van der Waals surface area contributed by atoms with Crippen LogP contribution in [0.25, 0.3) is 10.4 Å². The van der Waals surface area contributed by atoms with Crippen molar-refractivity contribution in [3.8, 4) is 0 Å². The molecular weight excluding hydrogens is 285 g/mol. The maximum Gasteiger partial charge on any atom is 0.330 e. The van der Waals surface area contributed by atoms with Crippen LogP contribution in [0.2, 0.25) is 0 Å². The first-order valence-electron chi connectivity index (χ1n) is 6.50. The van der Waals surface area contributed by atoms with Gasteiger partial charge in [0.2, 0.25) is 0 Å². The van der Waals surface area contributed by atoms with Gasteiger partial charge in [0, 0.05) is 11.0 Å². The second-order valence-electron chi connectivity index (χ2n) is 3.95. The molecule has 0 aromatic carbocycles. The highest BCUT2D eigenvalue weighted by atomic mass is 31.2. The van der Waals surface area contributed by atoms with Crippen LogP contribution < -0.4 is 0 Å². The van der Waals surface area contributed by atoms with Crippen LogP contribution in [0, 0.1) is 0 Å². The lowest BCUT2D eigenvalue weighted by molar-refractivity contribution is -0.141. The molecule has 0 saturated carbocycles. The lowest BCUT2D eigenvalue weighted by atomic mass is 10.1. The average Bonchev–Trinajstić information content (AvgIpc) is 2.39. The Morgan fingerprint density at radius 2 is 1.95 bits per heavy atom. The maximum atomic E-state index is 12.2. The summed E-state index contributed by atoms with van der Waals surface area (Å²) < 4.78 is 27.0. The number of esters is 1. The summed E-state index contributed by atoms with van der Waals surface area (Å²) in [6.07, 6.45) is 1.13. The number of carbonyl (C=O) groups is 1. The van der Waals surface area contributed by atoms with Crippen molar-refractivity contribution in [3.63, 3.8) is 0 Å². The molecule has 0 aromatic rings. The van der Waals surface area contributed by atoms with Gasteiger partial charge in [-0.1, -0.05) is 5.11 Å². The minimum atomic E-state index is -3.09. The maximum absolute atomic E-state index is 12.2. The third kappa shape index (κ3) is 8.17. The van der Waals surface area contributed by atoms with E-state index in [0.717, 1.165) is 0 Å². The van der Waals surface area contributed by atoms with Crippen LogP contribution in [0.5, 0.6) is 0 Å². The standard InChI is InChI=1S/C11H22N3O5P/c1-4-18-20(16,19-5-2)8-6-7-10(13-14-12)9-11(15)17-3/h10H,4-9H2,1-3H3. The normalized spacial score (nSPS) is 12.6. The van der Waals surface area contributed by atoms with Crippen LogP contribution in [-0.2, 0) is 23.1 Å². The predicted molar refractivity (Wildman–Crippen MR) is 74.5 cm³/mol. The molecule has 0 rings (SSSR count). The summed E-state index contributed by atoms with van der Waals surface area (Å²) in [6.45, 7) is 4.09. The second-order valence-corrected chi connectivity index (χ2v) is 6.14. The summed E-state index contributed by atoms with van der Waals surface area (Å²) in [5.74, 6) is -0.444. The zero-order valence-electron chi connectivity index (χ0n) is 12.2. The van der Waals surface area contributed by atoms with Crippen LogP contribution >= 0.6 is 7.60 Å². The van der Waals surface area contributed by atoms with Gasteiger partial charge in [-0.2, -0.15) is 0 Å². The largest absolute Gasteiger partial charge is 0.469 e. The van der Waals surface area contributed by atoms with Gasteiger partial charge >= 0.3 is 13.6 Å². The Morgan fingerprint density at radius 1 is 1.35 bits per heavy atom. The molecule has 0 aliphatic rings. The fraction of sp³-hybridized carbons (Fsp3) is 0.909. The second kappa shape index (κ2) is 10.7. The van der Waals surface area contributed by atoms with Crippen molar-refractivity contribution in [1.29, 1.82) is 0 Å². The minimum Gasteiger partial charge on any atom is -0.469 e. The average molecular weight is 307 g/mol. The molecule has 9 heteroatoms. The van der Waals surface area contributed by atoms with E-state index in [2.05, 4.69) is 14.8 Å². The minimum absolute atomic E-state index is 0.00807. The highest BCUT2D eigenvalue weighted by molar-refractivity contribution is 7.53. The zero-order chi connectivity index (χ0) is 15.4. The summed E-state index contributed by atoms with van der Waals surface area (Å²) in [6, 6.07) is -0.510. The number of carbonyl (C=O) groups excluding carboxylic acids is 1. The van der Waals surface area contributed by atoms with Crippen LogP contribution in [0.4, 0.5) is 0 Å². The van der Waals surface area contributed by atoms with E-state index in [0.29, 0.717) is 26.1 Å². The molecule has 0 heterocycles. The van der Waals surface area contributed by atoms with Crippen molar-refractivity contribution in [1.82, 2.24) is 0 Å². The monoisotopic (exact) mass is 307 g/mol. The first-order chi connectivity index (χ1) is 9.51. The molecule has 0 N–H and O–H groups in total. The first kappa shape index (κ1) is 18.9. The molecule has 8 nitrogen and oxygen atoms in total. The SMILES string of the molecule is CCOP(=O)(CCCC(CC(=O)OC)N=[N+]=[N-])OCC. The molecule has 20 heavy (non-hydrogen) atoms. The lowest BCUT2D eigenvalue weighted by Crippen LogP contribution is -2.13. The number of hydrogen-bond acceptors (Lipinski definition) is 6. The molecule has 1 atom stereocenters. The lowest BCUT2D eigenvalue weighted by Gasteiger charge is -2.17. The van der Waals surface area contributed by atoms with E-state index in [1.807, 2.05) is 0 Å². The number of methoxy groups -OCH3 is 1. The fourth-order valence-corrected chi connectivity index (χ4v) is 3.32. The van der Waals surface area contributed by atoms with E-state index in [1.165, 1.54) is 7.11 Å². The quantitative estimate of drug-likeness (QED) is 0.191. The Labute approximate surface area is 118 Å². The molecule has 0 fully saturated rings. The van der Waals surface area contributed by atoms with Gasteiger partial charge in [0.15, 0.2) is 0 Å². The number of azide groups is 1. The smallest absolute Gasteiger partial charge is 0.330 e. The van der Waals surface area contributed by atoms with Crippen LogP contribution in [-0.4, -0.2) is 38.5 Å². The molecule has 0 radical (unpaired) electrons. The van der Waals surface area contributed by atoms with Crippen molar-refractivity contribution >= 4 is 13.6 Å². The topological polar surface area (TPSA) is 111 Å². The Kier molecular flexibility index (Phi) is 10.1. The van der Waals surface area contributed by atoms with Gasteiger partial charge in [-0.3, -0.25) is 9.36 Å². The highest BCUT2D eigenvalue weighted by Gasteiger charge is 2.23. The number of nitrogens with zero attached hydrogens (tertiary/aromatic N) is 3. The van der Waals surface area contributed by atoms with Gasteiger partial charge in [0.1, 0.15) is 0 Å². The van der Waals surface area contributed by atoms with Crippen LogP contribution in [0.1, 0.15) is 33.1 Å². The Bertz CT molecular complexity index is 374. The molecule has 0 spiro atoms. The Morgan fingerprint density at radius 3 is 2.40 bits per heavy atom. The highest BCUT2D eigenvalue weighted by Crippen LogP contribution is 2.48. The van der Waals surface area contributed by atoms with Gasteiger partial charge in [-0.15, -0.1) is 0 Å². The number of rotatable bonds is 11. The van der Waals surface area contributed by atoms with E-state index in [9.17, 15) is 9.36 Å². The molecule has 1 unspecified atom stereocenters. The van der Waals surface area contributed by atoms with E-state index < -0.39 is 19.6 Å². The Balaban J connectivity index is 4.36. The van der Waals surface area contributed by atoms with E-state index in [-0.39, 0.29) is 12.6 Å². The van der Waals surface area contributed by atoms with E-state index >= 15 is 0 Å². The number of hydrogen-bond donors (Lipinski definition) is 0. The van der Waals surface area contributed by atoms with Crippen molar-refractivity contribution in [2.75, 3.05) is 26.5 Å². The van der Waals surface area contributed by atoms with Gasteiger partial charge < -0.3 is 13.8 Å². The van der Waals surface area contributed by atoms with Crippen LogP contribution in [0.15, 0.2) is 5.11 Å². The van der Waals surface area contributed by atoms with Crippen molar-refractivity contribution in [2.45, 2.75) is 39.2 Å². The third-order valence-electron chi connectivity index (χ3n) is 2.47. The molecule has 0 aromatic heterocycles. The predicted octanol–water partition coefficient (Wildman–Crippen LogP) is 3.27. The molecule has 0 aliphatic heterocycles. The van der Waals surface area contributed by atoms with Crippen molar-refractivity contribution in [3.05, 3.63) is 10.4 Å². The summed E-state index contributed by atoms with van der Waals surface area (Å²) >= 11 is 0. The summed E-state index contributed by atoms with van der Waals surface area (Å²) in [5.41, 5.74) is 8.45. The van der Waals surface area contributed by atoms with E-state index in [4.69, 9.17) is 14.6 Å². The first-order valence-corrected chi connectivity index (χ1v) is 8.23. The van der Waals surface area contributed by atoms with Crippen LogP contribution in [0.3, 0.4) is 0 Å². The van der Waals surface area contributed by atoms with E-state index in [1.54, 1.807) is 13.8 Å². The van der Waals surface area contributed by atoms with Gasteiger partial charge in [-0.05, 0) is 32.2 Å². The fourth-order valence-electron chi connectivity index (χ4n) is 1.63. The Hall–Kier alpha value is -1.07.